The van der Waals surface area contributed by atoms with Gasteiger partial charge in [0.05, 0.1) is 4.92 Å². The molecule has 1 amide bonds. The van der Waals surface area contributed by atoms with Crippen LogP contribution in [0.5, 0.6) is 5.75 Å². The number of aromatic hydroxyl groups is 1. The smallest absolute Gasteiger partial charge is 0.282 e. The summed E-state index contributed by atoms with van der Waals surface area (Å²) in [6.07, 6.45) is 3.74. The number of aromatic nitrogens is 2. The third kappa shape index (κ3) is 3.10. The molecule has 1 aromatic heterocycles. The number of nitrogens with one attached hydrogen (secondary N) is 2. The van der Waals surface area contributed by atoms with Crippen molar-refractivity contribution in [1.29, 1.82) is 0 Å². The molecule has 2 rings (SSSR count). The van der Waals surface area contributed by atoms with Crippen LogP contribution < -0.4 is 5.32 Å². The van der Waals surface area contributed by atoms with Crippen LogP contribution in [0.4, 0.5) is 5.69 Å². The van der Waals surface area contributed by atoms with E-state index in [1.807, 2.05) is 0 Å². The largest absolute Gasteiger partial charge is 0.508 e. The molecule has 2 aromatic rings. The number of hydrogen-bond donors (Lipinski definition) is 3. The van der Waals surface area contributed by atoms with E-state index in [0.717, 1.165) is 18.2 Å². The van der Waals surface area contributed by atoms with E-state index in [0.29, 0.717) is 12.2 Å². The van der Waals surface area contributed by atoms with E-state index in [9.17, 15) is 20.0 Å². The Hall–Kier alpha value is -2.90. The van der Waals surface area contributed by atoms with Crippen molar-refractivity contribution in [1.82, 2.24) is 15.3 Å². The lowest BCUT2D eigenvalue weighted by atomic mass is 10.1. The van der Waals surface area contributed by atoms with E-state index in [4.69, 9.17) is 0 Å². The quantitative estimate of drug-likeness (QED) is 0.555. The number of H-pyrrole nitrogens is 1. The van der Waals surface area contributed by atoms with E-state index >= 15 is 0 Å². The first-order chi connectivity index (χ1) is 9.58. The van der Waals surface area contributed by atoms with E-state index in [1.54, 1.807) is 12.4 Å². The number of benzene rings is 1. The van der Waals surface area contributed by atoms with Crippen LogP contribution in [0.2, 0.25) is 0 Å². The number of phenolic OH excluding ortho intramolecular Hbond substituents is 1. The van der Waals surface area contributed by atoms with Crippen molar-refractivity contribution in [2.45, 2.75) is 6.42 Å². The van der Waals surface area contributed by atoms with Gasteiger partial charge in [0.1, 0.15) is 17.1 Å². The predicted octanol–water partition coefficient (Wildman–Crippen LogP) is 0.996. The molecular formula is C12H12N4O4. The Kier molecular flexibility index (Phi) is 3.94. The van der Waals surface area contributed by atoms with Crippen molar-refractivity contribution >= 4 is 11.6 Å². The fraction of sp³-hybridized carbons (Fsp3) is 0.167. The number of carbonyl (C=O) groups is 1. The third-order valence-corrected chi connectivity index (χ3v) is 2.62. The molecule has 0 aliphatic carbocycles. The highest BCUT2D eigenvalue weighted by Crippen LogP contribution is 2.22. The summed E-state index contributed by atoms with van der Waals surface area (Å²) in [5.41, 5.74) is -0.521. The van der Waals surface area contributed by atoms with Gasteiger partial charge >= 0.3 is 0 Å². The first kappa shape index (κ1) is 13.5. The van der Waals surface area contributed by atoms with Crippen LogP contribution in [0.3, 0.4) is 0 Å². The number of amides is 1. The first-order valence-electron chi connectivity index (χ1n) is 5.82. The number of aromatic amines is 1. The Balaban J connectivity index is 2.05. The van der Waals surface area contributed by atoms with Gasteiger partial charge in [-0.05, 0) is 12.1 Å². The van der Waals surface area contributed by atoms with Crippen molar-refractivity contribution in [3.05, 3.63) is 52.1 Å². The van der Waals surface area contributed by atoms with Crippen LogP contribution in [0, 0.1) is 10.1 Å². The maximum atomic E-state index is 11.9. The molecule has 0 radical (unpaired) electrons. The second kappa shape index (κ2) is 5.83. The molecule has 3 N–H and O–H groups in total. The number of nitrogens with zero attached hydrogens (tertiary/aromatic N) is 2. The number of hydrogen-bond acceptors (Lipinski definition) is 5. The van der Waals surface area contributed by atoms with Crippen molar-refractivity contribution in [3.8, 4) is 5.75 Å². The fourth-order valence-electron chi connectivity index (χ4n) is 1.69. The van der Waals surface area contributed by atoms with Gasteiger partial charge in [-0.2, -0.15) is 0 Å². The van der Waals surface area contributed by atoms with Crippen LogP contribution in [0.15, 0.2) is 30.6 Å². The van der Waals surface area contributed by atoms with Gasteiger partial charge in [0.15, 0.2) is 0 Å². The number of nitro groups is 1. The minimum atomic E-state index is -0.666. The van der Waals surface area contributed by atoms with Gasteiger partial charge < -0.3 is 15.4 Å². The molecule has 0 bridgehead atoms. The molecule has 0 spiro atoms. The van der Waals surface area contributed by atoms with Gasteiger partial charge in [-0.3, -0.25) is 14.9 Å². The third-order valence-electron chi connectivity index (χ3n) is 2.62. The topological polar surface area (TPSA) is 121 Å². The van der Waals surface area contributed by atoms with Gasteiger partial charge in [0.25, 0.3) is 11.6 Å². The molecular weight excluding hydrogens is 264 g/mol. The average molecular weight is 276 g/mol. The number of phenols is 1. The molecule has 0 atom stereocenters. The number of imidazole rings is 1. The molecule has 104 valence electrons. The Morgan fingerprint density at radius 3 is 2.95 bits per heavy atom. The van der Waals surface area contributed by atoms with Crippen molar-refractivity contribution in [3.63, 3.8) is 0 Å². The average Bonchev–Trinajstić information content (AvgIpc) is 2.91. The monoisotopic (exact) mass is 276 g/mol. The van der Waals surface area contributed by atoms with Gasteiger partial charge in [0, 0.05) is 31.4 Å². The maximum Gasteiger partial charge on any atom is 0.282 e. The normalized spacial score (nSPS) is 10.2. The van der Waals surface area contributed by atoms with Crippen LogP contribution >= 0.6 is 0 Å². The van der Waals surface area contributed by atoms with Crippen molar-refractivity contribution < 1.29 is 14.8 Å². The molecule has 1 aromatic carbocycles. The highest BCUT2D eigenvalue weighted by atomic mass is 16.6. The van der Waals surface area contributed by atoms with E-state index < -0.39 is 10.8 Å². The van der Waals surface area contributed by atoms with Crippen molar-refractivity contribution in [2.75, 3.05) is 6.54 Å². The fourth-order valence-corrected chi connectivity index (χ4v) is 1.69. The first-order valence-corrected chi connectivity index (χ1v) is 5.82. The lowest BCUT2D eigenvalue weighted by Gasteiger charge is -2.05. The molecule has 8 nitrogen and oxygen atoms in total. The Morgan fingerprint density at radius 2 is 2.30 bits per heavy atom. The predicted molar refractivity (Wildman–Crippen MR) is 69.4 cm³/mol. The number of nitro benzene ring substituents is 1. The van der Waals surface area contributed by atoms with Gasteiger partial charge in [-0.25, -0.2) is 4.98 Å². The second-order valence-electron chi connectivity index (χ2n) is 4.00. The summed E-state index contributed by atoms with van der Waals surface area (Å²) < 4.78 is 0. The highest BCUT2D eigenvalue weighted by Gasteiger charge is 2.20. The van der Waals surface area contributed by atoms with Crippen molar-refractivity contribution in [2.24, 2.45) is 0 Å². The summed E-state index contributed by atoms with van der Waals surface area (Å²) in [6.45, 7) is 0.277. The molecule has 0 unspecified atom stereocenters. The minimum Gasteiger partial charge on any atom is -0.508 e. The molecule has 20 heavy (non-hydrogen) atoms. The number of carbonyl (C=O) groups excluding carboxylic acids is 1. The lowest BCUT2D eigenvalue weighted by Crippen LogP contribution is -2.26. The molecule has 8 heteroatoms. The molecule has 1 heterocycles. The zero-order valence-corrected chi connectivity index (χ0v) is 10.4. The molecule has 0 saturated carbocycles. The van der Waals surface area contributed by atoms with Crippen LogP contribution in [-0.4, -0.2) is 32.4 Å². The Labute approximate surface area is 113 Å². The molecule has 0 aliphatic heterocycles. The van der Waals surface area contributed by atoms with Gasteiger partial charge in [0.2, 0.25) is 0 Å². The standard InChI is InChI=1S/C12H12N4O4/c17-8-1-2-10(16(19)20)9(7-8)12(18)15-4-3-11-13-5-6-14-11/h1-2,5-7,17H,3-4H2,(H,13,14)(H,15,18). The van der Waals surface area contributed by atoms with E-state index in [2.05, 4.69) is 15.3 Å². The van der Waals surface area contributed by atoms with Crippen LogP contribution in [-0.2, 0) is 6.42 Å². The summed E-state index contributed by atoms with van der Waals surface area (Å²) >= 11 is 0. The van der Waals surface area contributed by atoms with E-state index in [1.165, 1.54) is 0 Å². The summed E-state index contributed by atoms with van der Waals surface area (Å²) in [5.74, 6) is -0.110. The summed E-state index contributed by atoms with van der Waals surface area (Å²) in [6, 6.07) is 3.33. The molecule has 0 saturated heterocycles. The number of rotatable bonds is 5. The van der Waals surface area contributed by atoms with Crippen LogP contribution in [0.25, 0.3) is 0 Å². The molecule has 0 aliphatic rings. The van der Waals surface area contributed by atoms with Crippen LogP contribution in [0.1, 0.15) is 16.2 Å². The highest BCUT2D eigenvalue weighted by molar-refractivity contribution is 5.98. The Bertz CT molecular complexity index is 624. The van der Waals surface area contributed by atoms with Gasteiger partial charge in [-0.15, -0.1) is 0 Å². The Morgan fingerprint density at radius 1 is 1.50 bits per heavy atom. The minimum absolute atomic E-state index is 0.172. The van der Waals surface area contributed by atoms with E-state index in [-0.39, 0.29) is 23.5 Å². The SMILES string of the molecule is O=C(NCCc1ncc[nH]1)c1cc(O)ccc1[N+](=O)[O-]. The second-order valence-corrected chi connectivity index (χ2v) is 4.00. The zero-order chi connectivity index (χ0) is 14.5. The lowest BCUT2D eigenvalue weighted by molar-refractivity contribution is -0.385. The summed E-state index contributed by atoms with van der Waals surface area (Å²) in [7, 11) is 0. The summed E-state index contributed by atoms with van der Waals surface area (Å²) in [5, 5.41) is 22.7. The summed E-state index contributed by atoms with van der Waals surface area (Å²) in [4.78, 5) is 28.9. The maximum absolute atomic E-state index is 11.9. The zero-order valence-electron chi connectivity index (χ0n) is 10.4. The van der Waals surface area contributed by atoms with Gasteiger partial charge in [-0.1, -0.05) is 0 Å². The molecule has 0 fully saturated rings.